The van der Waals surface area contributed by atoms with Gasteiger partial charge >= 0.3 is 0 Å². The quantitative estimate of drug-likeness (QED) is 0.936. The highest BCUT2D eigenvalue weighted by Crippen LogP contribution is 2.40. The number of allylic oxidation sites excluding steroid dienone is 1. The van der Waals surface area contributed by atoms with Crippen LogP contribution >= 0.6 is 0 Å². The van der Waals surface area contributed by atoms with Crippen LogP contribution in [0.1, 0.15) is 29.9 Å². The second-order valence-electron chi connectivity index (χ2n) is 6.18. The molecule has 2 aliphatic rings. The van der Waals surface area contributed by atoms with E-state index >= 15 is 0 Å². The van der Waals surface area contributed by atoms with E-state index in [0.717, 1.165) is 48.6 Å². The number of methoxy groups -OCH3 is 1. The van der Waals surface area contributed by atoms with Crippen molar-refractivity contribution in [1.29, 1.82) is 0 Å². The van der Waals surface area contributed by atoms with E-state index in [1.807, 2.05) is 18.3 Å². The summed E-state index contributed by atoms with van der Waals surface area (Å²) in [5.74, 6) is 1.27. The van der Waals surface area contributed by atoms with E-state index in [0.29, 0.717) is 5.92 Å². The Morgan fingerprint density at radius 3 is 3.04 bits per heavy atom. The number of anilines is 1. The van der Waals surface area contributed by atoms with Crippen LogP contribution in [0.4, 0.5) is 5.69 Å². The van der Waals surface area contributed by atoms with Crippen molar-refractivity contribution in [1.82, 2.24) is 4.98 Å². The van der Waals surface area contributed by atoms with E-state index in [1.165, 1.54) is 11.1 Å². The van der Waals surface area contributed by atoms with Gasteiger partial charge in [-0.1, -0.05) is 18.2 Å². The molecule has 0 amide bonds. The van der Waals surface area contributed by atoms with Crippen molar-refractivity contribution >= 4 is 11.4 Å². The predicted octanol–water partition coefficient (Wildman–Crippen LogP) is 3.81. The molecule has 1 aromatic carbocycles. The van der Waals surface area contributed by atoms with Gasteiger partial charge in [0.05, 0.1) is 18.5 Å². The molecule has 2 aromatic rings. The topological polar surface area (TPSA) is 46.5 Å². The highest BCUT2D eigenvalue weighted by atomic mass is 16.5. The first kappa shape index (κ1) is 14.9. The molecular weight excluding hydrogens is 298 g/mol. The molecule has 0 aliphatic carbocycles. The van der Waals surface area contributed by atoms with Crippen LogP contribution in [0.15, 0.2) is 59.4 Å². The van der Waals surface area contributed by atoms with Gasteiger partial charge in [0.2, 0.25) is 0 Å². The van der Waals surface area contributed by atoms with E-state index in [4.69, 9.17) is 9.73 Å². The lowest BCUT2D eigenvalue weighted by atomic mass is 9.91. The Morgan fingerprint density at radius 1 is 1.25 bits per heavy atom. The molecule has 4 nitrogen and oxygen atoms in total. The number of nitrogens with zero attached hydrogens (tertiary/aromatic N) is 2. The third-order valence-electron chi connectivity index (χ3n) is 4.69. The Labute approximate surface area is 142 Å². The number of para-hydroxylation sites is 1. The fourth-order valence-corrected chi connectivity index (χ4v) is 3.55. The minimum atomic E-state index is 0.352. The van der Waals surface area contributed by atoms with Crippen LogP contribution < -0.4 is 10.1 Å². The average Bonchev–Trinajstić information content (AvgIpc) is 3.06. The summed E-state index contributed by atoms with van der Waals surface area (Å²) in [6, 6.07) is 10.3. The molecule has 3 heterocycles. The second-order valence-corrected chi connectivity index (χ2v) is 6.18. The monoisotopic (exact) mass is 319 g/mol. The van der Waals surface area contributed by atoms with Gasteiger partial charge in [0.25, 0.3) is 0 Å². The standard InChI is InChI=1S/C20H21N3O/c1-24-18-8-2-7-17-16(13-23-20(17)18)11-14-5-4-10-22-19(14)15-6-3-9-21-12-15/h2-3,6-9,11-12,16,23H,4-5,10,13H2,1H3/b14-11+. The van der Waals surface area contributed by atoms with Gasteiger partial charge in [-0.15, -0.1) is 0 Å². The first-order chi connectivity index (χ1) is 11.9. The molecule has 0 radical (unpaired) electrons. The molecular formula is C20H21N3O. The maximum absolute atomic E-state index is 5.47. The van der Waals surface area contributed by atoms with E-state index in [1.54, 1.807) is 13.3 Å². The molecule has 0 saturated heterocycles. The van der Waals surface area contributed by atoms with Gasteiger partial charge in [0.15, 0.2) is 0 Å². The van der Waals surface area contributed by atoms with E-state index in [-0.39, 0.29) is 0 Å². The van der Waals surface area contributed by atoms with Crippen LogP contribution in [0, 0.1) is 0 Å². The fourth-order valence-electron chi connectivity index (χ4n) is 3.55. The Kier molecular flexibility index (Phi) is 4.03. The minimum absolute atomic E-state index is 0.352. The van der Waals surface area contributed by atoms with Crippen LogP contribution in [0.2, 0.25) is 0 Å². The molecule has 24 heavy (non-hydrogen) atoms. The number of hydrogen-bond donors (Lipinski definition) is 1. The minimum Gasteiger partial charge on any atom is -0.495 e. The Hall–Kier alpha value is -2.62. The average molecular weight is 319 g/mol. The molecule has 1 N–H and O–H groups in total. The molecule has 0 fully saturated rings. The molecule has 2 aliphatic heterocycles. The summed E-state index contributed by atoms with van der Waals surface area (Å²) in [4.78, 5) is 9.02. The lowest BCUT2D eigenvalue weighted by molar-refractivity contribution is 0.416. The van der Waals surface area contributed by atoms with Crippen molar-refractivity contribution in [2.45, 2.75) is 18.8 Å². The van der Waals surface area contributed by atoms with Gasteiger partial charge in [-0.2, -0.15) is 0 Å². The number of benzene rings is 1. The van der Waals surface area contributed by atoms with E-state index in [9.17, 15) is 0 Å². The largest absolute Gasteiger partial charge is 0.495 e. The normalized spacial score (nSPS) is 21.1. The zero-order chi connectivity index (χ0) is 16.4. The molecule has 0 saturated carbocycles. The predicted molar refractivity (Wildman–Crippen MR) is 97.2 cm³/mol. The molecule has 0 spiro atoms. The van der Waals surface area contributed by atoms with Crippen molar-refractivity contribution < 1.29 is 4.74 Å². The van der Waals surface area contributed by atoms with Crippen LogP contribution in [-0.4, -0.2) is 30.9 Å². The van der Waals surface area contributed by atoms with Crippen molar-refractivity contribution in [2.75, 3.05) is 25.5 Å². The summed E-state index contributed by atoms with van der Waals surface area (Å²) < 4.78 is 5.47. The maximum atomic E-state index is 5.47. The summed E-state index contributed by atoms with van der Waals surface area (Å²) in [5.41, 5.74) is 5.97. The third kappa shape index (κ3) is 2.68. The summed E-state index contributed by atoms with van der Waals surface area (Å²) in [6.45, 7) is 1.80. The Balaban J connectivity index is 1.69. The van der Waals surface area contributed by atoms with Crippen LogP contribution in [-0.2, 0) is 0 Å². The molecule has 1 aromatic heterocycles. The summed E-state index contributed by atoms with van der Waals surface area (Å²) in [6.07, 6.45) is 8.27. The van der Waals surface area contributed by atoms with Crippen LogP contribution in [0.5, 0.6) is 5.75 Å². The van der Waals surface area contributed by atoms with Crippen LogP contribution in [0.25, 0.3) is 0 Å². The molecule has 4 heteroatoms. The molecule has 1 atom stereocenters. The third-order valence-corrected chi connectivity index (χ3v) is 4.69. The number of ether oxygens (including phenoxy) is 1. The summed E-state index contributed by atoms with van der Waals surface area (Å²) in [7, 11) is 1.72. The van der Waals surface area contributed by atoms with Gasteiger partial charge in [0, 0.05) is 37.0 Å². The Bertz CT molecular complexity index is 796. The van der Waals surface area contributed by atoms with Gasteiger partial charge in [-0.05, 0) is 42.2 Å². The molecule has 1 unspecified atom stereocenters. The first-order valence-corrected chi connectivity index (χ1v) is 8.43. The van der Waals surface area contributed by atoms with Crippen molar-refractivity contribution in [2.24, 2.45) is 4.99 Å². The van der Waals surface area contributed by atoms with Crippen molar-refractivity contribution in [3.8, 4) is 5.75 Å². The maximum Gasteiger partial charge on any atom is 0.142 e. The van der Waals surface area contributed by atoms with E-state index in [2.05, 4.69) is 34.6 Å². The highest BCUT2D eigenvalue weighted by molar-refractivity contribution is 6.12. The Morgan fingerprint density at radius 2 is 2.21 bits per heavy atom. The second kappa shape index (κ2) is 6.48. The summed E-state index contributed by atoms with van der Waals surface area (Å²) >= 11 is 0. The van der Waals surface area contributed by atoms with E-state index < -0.39 is 0 Å². The van der Waals surface area contributed by atoms with Gasteiger partial charge < -0.3 is 10.1 Å². The smallest absolute Gasteiger partial charge is 0.142 e. The number of aromatic nitrogens is 1. The van der Waals surface area contributed by atoms with Gasteiger partial charge in [0.1, 0.15) is 5.75 Å². The van der Waals surface area contributed by atoms with Gasteiger partial charge in [-0.3, -0.25) is 9.98 Å². The lowest BCUT2D eigenvalue weighted by Gasteiger charge is -2.18. The summed E-state index contributed by atoms with van der Waals surface area (Å²) in [5, 5.41) is 3.49. The number of aliphatic imine (C=N–C) groups is 1. The van der Waals surface area contributed by atoms with Crippen LogP contribution in [0.3, 0.4) is 0 Å². The number of pyridine rings is 1. The fraction of sp³-hybridized carbons (Fsp3) is 0.300. The molecule has 122 valence electrons. The lowest BCUT2D eigenvalue weighted by Crippen LogP contribution is -2.13. The van der Waals surface area contributed by atoms with Gasteiger partial charge in [-0.25, -0.2) is 0 Å². The number of fused-ring (bicyclic) bond motifs is 1. The first-order valence-electron chi connectivity index (χ1n) is 8.43. The number of hydrogen-bond acceptors (Lipinski definition) is 4. The van der Waals surface area contributed by atoms with Crippen molar-refractivity contribution in [3.05, 3.63) is 65.5 Å². The highest BCUT2D eigenvalue weighted by Gasteiger charge is 2.25. The number of rotatable bonds is 3. The zero-order valence-electron chi connectivity index (χ0n) is 13.8. The SMILES string of the molecule is COc1cccc2c1NCC2/C=C1\CCCN=C1c1cccnc1. The number of nitrogens with one attached hydrogen (secondary N) is 1. The zero-order valence-corrected chi connectivity index (χ0v) is 13.8. The van der Waals surface area contributed by atoms with Crippen molar-refractivity contribution in [3.63, 3.8) is 0 Å². The molecule has 0 bridgehead atoms. The molecule has 4 rings (SSSR count).